The minimum Gasteiger partial charge on any atom is -0.292 e. The summed E-state index contributed by atoms with van der Waals surface area (Å²) in [5.74, 6) is 0.382. The van der Waals surface area contributed by atoms with E-state index in [9.17, 15) is 4.79 Å². The van der Waals surface area contributed by atoms with Crippen LogP contribution >= 0.6 is 11.6 Å². The molecule has 0 aliphatic rings. The number of carbonyl (C=O) groups excluding carboxylic acids is 1. The zero-order chi connectivity index (χ0) is 15.0. The van der Waals surface area contributed by atoms with Crippen molar-refractivity contribution in [2.75, 3.05) is 0 Å². The standard InChI is InChI=1S/C14H17ClN4O/c1-7-6-12(13(20)8(2)15)11(5)19(7)14-16-9(3)10(4)17-18-14/h6,8H,1-5H3. The van der Waals surface area contributed by atoms with Crippen molar-refractivity contribution in [1.82, 2.24) is 19.7 Å². The van der Waals surface area contributed by atoms with Crippen LogP contribution in [0.25, 0.3) is 5.95 Å². The number of halogens is 1. The van der Waals surface area contributed by atoms with E-state index in [1.165, 1.54) is 0 Å². The minimum absolute atomic E-state index is 0.0946. The van der Waals surface area contributed by atoms with Crippen molar-refractivity contribution < 1.29 is 4.79 Å². The Morgan fingerprint density at radius 2 is 1.85 bits per heavy atom. The largest absolute Gasteiger partial charge is 0.292 e. The minimum atomic E-state index is -0.553. The summed E-state index contributed by atoms with van der Waals surface area (Å²) in [6.45, 7) is 9.18. The van der Waals surface area contributed by atoms with E-state index < -0.39 is 5.38 Å². The van der Waals surface area contributed by atoms with Crippen molar-refractivity contribution in [1.29, 1.82) is 0 Å². The van der Waals surface area contributed by atoms with Crippen LogP contribution in [0.15, 0.2) is 6.07 Å². The molecule has 0 radical (unpaired) electrons. The Morgan fingerprint density at radius 1 is 1.20 bits per heavy atom. The maximum atomic E-state index is 12.1. The van der Waals surface area contributed by atoms with Crippen LogP contribution in [0, 0.1) is 27.7 Å². The lowest BCUT2D eigenvalue weighted by atomic mass is 10.1. The number of nitrogens with zero attached hydrogens (tertiary/aromatic N) is 4. The predicted molar refractivity (Wildman–Crippen MR) is 77.7 cm³/mol. The van der Waals surface area contributed by atoms with Crippen LogP contribution in [0.1, 0.15) is 40.1 Å². The maximum Gasteiger partial charge on any atom is 0.254 e. The summed E-state index contributed by atoms with van der Waals surface area (Å²) in [7, 11) is 0. The fraction of sp³-hybridized carbons (Fsp3) is 0.429. The number of Topliss-reactive ketones (excluding diaryl/α,β-unsaturated/α-hetero) is 1. The molecule has 20 heavy (non-hydrogen) atoms. The number of aromatic nitrogens is 4. The molecule has 2 aromatic heterocycles. The first kappa shape index (κ1) is 14.7. The van der Waals surface area contributed by atoms with Gasteiger partial charge in [-0.3, -0.25) is 9.36 Å². The van der Waals surface area contributed by atoms with Gasteiger partial charge in [0.05, 0.1) is 16.8 Å². The van der Waals surface area contributed by atoms with Crippen LogP contribution in [0.5, 0.6) is 0 Å². The van der Waals surface area contributed by atoms with Gasteiger partial charge < -0.3 is 0 Å². The van der Waals surface area contributed by atoms with Gasteiger partial charge in [-0.2, -0.15) is 5.10 Å². The quantitative estimate of drug-likeness (QED) is 0.644. The van der Waals surface area contributed by atoms with Crippen molar-refractivity contribution in [3.63, 3.8) is 0 Å². The topological polar surface area (TPSA) is 60.7 Å². The highest BCUT2D eigenvalue weighted by Crippen LogP contribution is 2.21. The van der Waals surface area contributed by atoms with Crippen LogP contribution in [-0.4, -0.2) is 30.9 Å². The molecule has 2 aromatic rings. The second-order valence-corrected chi connectivity index (χ2v) is 5.54. The molecule has 0 aliphatic heterocycles. The average molecular weight is 293 g/mol. The SMILES string of the molecule is Cc1nnc(-n2c(C)cc(C(=O)C(C)Cl)c2C)nc1C. The van der Waals surface area contributed by atoms with E-state index in [0.29, 0.717) is 11.5 Å². The van der Waals surface area contributed by atoms with E-state index in [1.54, 1.807) is 6.92 Å². The van der Waals surface area contributed by atoms with E-state index in [2.05, 4.69) is 15.2 Å². The summed E-state index contributed by atoms with van der Waals surface area (Å²) in [6, 6.07) is 1.81. The third kappa shape index (κ3) is 2.45. The van der Waals surface area contributed by atoms with Crippen LogP contribution in [0.2, 0.25) is 0 Å². The number of ketones is 1. The van der Waals surface area contributed by atoms with Crippen LogP contribution in [0.3, 0.4) is 0 Å². The smallest absolute Gasteiger partial charge is 0.254 e. The second kappa shape index (κ2) is 5.32. The summed E-state index contributed by atoms with van der Waals surface area (Å²) in [4.78, 5) is 16.5. The normalized spacial score (nSPS) is 12.5. The number of carbonyl (C=O) groups is 1. The zero-order valence-corrected chi connectivity index (χ0v) is 13.0. The van der Waals surface area contributed by atoms with Crippen molar-refractivity contribution in [2.45, 2.75) is 40.0 Å². The summed E-state index contributed by atoms with van der Waals surface area (Å²) < 4.78 is 1.83. The van der Waals surface area contributed by atoms with Gasteiger partial charge in [0.25, 0.3) is 5.95 Å². The molecule has 0 saturated carbocycles. The average Bonchev–Trinajstić information content (AvgIpc) is 2.67. The predicted octanol–water partition coefficient (Wildman–Crippen LogP) is 2.71. The van der Waals surface area contributed by atoms with Gasteiger partial charge >= 0.3 is 0 Å². The van der Waals surface area contributed by atoms with E-state index in [-0.39, 0.29) is 5.78 Å². The van der Waals surface area contributed by atoms with Gasteiger partial charge in [-0.05, 0) is 40.7 Å². The molecule has 0 bridgehead atoms. The van der Waals surface area contributed by atoms with Crippen molar-refractivity contribution in [3.05, 3.63) is 34.4 Å². The van der Waals surface area contributed by atoms with E-state index in [1.807, 2.05) is 38.3 Å². The molecule has 0 amide bonds. The third-order valence-corrected chi connectivity index (χ3v) is 3.54. The molecule has 2 rings (SSSR count). The van der Waals surface area contributed by atoms with Crippen molar-refractivity contribution in [3.8, 4) is 5.95 Å². The molecule has 0 aliphatic carbocycles. The van der Waals surface area contributed by atoms with Gasteiger partial charge in [0.1, 0.15) is 0 Å². The molecular weight excluding hydrogens is 276 g/mol. The molecule has 6 heteroatoms. The summed E-state index contributed by atoms with van der Waals surface area (Å²) >= 11 is 5.89. The molecule has 0 fully saturated rings. The lowest BCUT2D eigenvalue weighted by Crippen LogP contribution is -2.13. The highest BCUT2D eigenvalue weighted by Gasteiger charge is 2.21. The Bertz CT molecular complexity index is 676. The third-order valence-electron chi connectivity index (χ3n) is 3.34. The van der Waals surface area contributed by atoms with Gasteiger partial charge in [-0.25, -0.2) is 4.98 Å². The Kier molecular flexibility index (Phi) is 3.90. The second-order valence-electron chi connectivity index (χ2n) is 4.88. The number of aryl methyl sites for hydroxylation is 3. The molecule has 1 atom stereocenters. The van der Waals surface area contributed by atoms with Gasteiger partial charge in [-0.1, -0.05) is 0 Å². The molecule has 1 unspecified atom stereocenters. The van der Waals surface area contributed by atoms with Gasteiger partial charge in [-0.15, -0.1) is 16.7 Å². The van der Waals surface area contributed by atoms with Crippen LogP contribution < -0.4 is 0 Å². The van der Waals surface area contributed by atoms with E-state index in [4.69, 9.17) is 11.6 Å². The molecule has 0 aromatic carbocycles. The summed E-state index contributed by atoms with van der Waals surface area (Å²) in [5, 5.41) is 7.64. The first-order valence-corrected chi connectivity index (χ1v) is 6.82. The van der Waals surface area contributed by atoms with Gasteiger partial charge in [0.2, 0.25) is 0 Å². The van der Waals surface area contributed by atoms with Gasteiger partial charge in [0, 0.05) is 17.0 Å². The van der Waals surface area contributed by atoms with Gasteiger partial charge in [0.15, 0.2) is 5.78 Å². The highest BCUT2D eigenvalue weighted by atomic mass is 35.5. The number of rotatable bonds is 3. The van der Waals surface area contributed by atoms with E-state index >= 15 is 0 Å². The molecule has 0 spiro atoms. The number of hydrogen-bond donors (Lipinski definition) is 0. The number of alkyl halides is 1. The Labute approximate surface area is 123 Å². The summed E-state index contributed by atoms with van der Waals surface area (Å²) in [6.07, 6.45) is 0. The molecule has 0 saturated heterocycles. The first-order valence-electron chi connectivity index (χ1n) is 6.38. The molecule has 2 heterocycles. The molecule has 5 nitrogen and oxygen atoms in total. The monoisotopic (exact) mass is 292 g/mol. The highest BCUT2D eigenvalue weighted by molar-refractivity contribution is 6.33. The van der Waals surface area contributed by atoms with Crippen LogP contribution in [0.4, 0.5) is 0 Å². The fourth-order valence-corrected chi connectivity index (χ4v) is 2.19. The number of hydrogen-bond acceptors (Lipinski definition) is 4. The molecular formula is C14H17ClN4O. The zero-order valence-electron chi connectivity index (χ0n) is 12.2. The lowest BCUT2D eigenvalue weighted by Gasteiger charge is -2.08. The molecule has 106 valence electrons. The maximum absolute atomic E-state index is 12.1. The fourth-order valence-electron chi connectivity index (χ4n) is 2.07. The van der Waals surface area contributed by atoms with Crippen LogP contribution in [-0.2, 0) is 0 Å². The Hall–Kier alpha value is -1.75. The van der Waals surface area contributed by atoms with Crippen molar-refractivity contribution >= 4 is 17.4 Å². The summed E-state index contributed by atoms with van der Waals surface area (Å²) in [5.41, 5.74) is 3.88. The lowest BCUT2D eigenvalue weighted by molar-refractivity contribution is 0.0991. The molecule has 0 N–H and O–H groups in total. The van der Waals surface area contributed by atoms with Crippen molar-refractivity contribution in [2.24, 2.45) is 0 Å². The van der Waals surface area contributed by atoms with E-state index in [0.717, 1.165) is 22.8 Å². The Balaban J connectivity index is 2.58. The first-order chi connectivity index (χ1) is 9.32. The Morgan fingerprint density at radius 3 is 2.40 bits per heavy atom.